The first-order valence-electron chi connectivity index (χ1n) is 10.1. The van der Waals surface area contributed by atoms with E-state index in [2.05, 4.69) is 36.9 Å². The number of nitrogens with zero attached hydrogens (tertiary/aromatic N) is 1. The van der Waals surface area contributed by atoms with Crippen LogP contribution in [0.25, 0.3) is 6.08 Å². The van der Waals surface area contributed by atoms with E-state index in [9.17, 15) is 9.59 Å². The fraction of sp³-hybridized carbons (Fsp3) is 0.0800. The summed E-state index contributed by atoms with van der Waals surface area (Å²) in [5.41, 5.74) is 1.74. The molecule has 1 aliphatic heterocycles. The van der Waals surface area contributed by atoms with Crippen molar-refractivity contribution in [2.75, 3.05) is 6.61 Å². The van der Waals surface area contributed by atoms with Crippen molar-refractivity contribution in [3.8, 4) is 11.5 Å². The highest BCUT2D eigenvalue weighted by atomic mass is 79.9. The monoisotopic (exact) mass is 603 g/mol. The Morgan fingerprint density at radius 2 is 1.82 bits per heavy atom. The number of carbonyl (C=O) groups is 2. The highest BCUT2D eigenvalue weighted by Crippen LogP contribution is 2.38. The van der Waals surface area contributed by atoms with Crippen LogP contribution in [0.1, 0.15) is 28.4 Å². The summed E-state index contributed by atoms with van der Waals surface area (Å²) in [5, 5.41) is 0.515. The number of cyclic esters (lactones) is 1. The minimum absolute atomic E-state index is 0.131. The molecule has 0 atom stereocenters. The Balaban J connectivity index is 1.65. The molecule has 0 unspecified atom stereocenters. The zero-order valence-corrected chi connectivity index (χ0v) is 21.6. The molecule has 1 heterocycles. The van der Waals surface area contributed by atoms with E-state index in [4.69, 9.17) is 25.8 Å². The molecule has 0 fully saturated rings. The second-order valence-corrected chi connectivity index (χ2v) is 9.12. The van der Waals surface area contributed by atoms with Crippen LogP contribution in [0.2, 0.25) is 5.02 Å². The smallest absolute Gasteiger partial charge is 0.363 e. The van der Waals surface area contributed by atoms with Gasteiger partial charge in [0.2, 0.25) is 5.90 Å². The summed E-state index contributed by atoms with van der Waals surface area (Å²) < 4.78 is 17.9. The molecule has 0 N–H and O–H groups in total. The molecule has 172 valence electrons. The van der Waals surface area contributed by atoms with Crippen LogP contribution in [-0.4, -0.2) is 24.4 Å². The maximum atomic E-state index is 12.6. The van der Waals surface area contributed by atoms with Gasteiger partial charge in [-0.3, -0.25) is 0 Å². The topological polar surface area (TPSA) is 74.2 Å². The molecule has 0 amide bonds. The number of benzene rings is 3. The lowest BCUT2D eigenvalue weighted by molar-refractivity contribution is -0.129. The number of hydrogen-bond acceptors (Lipinski definition) is 6. The molecule has 0 saturated heterocycles. The molecule has 3 aromatic carbocycles. The van der Waals surface area contributed by atoms with Crippen LogP contribution in [0.3, 0.4) is 0 Å². The van der Waals surface area contributed by atoms with Crippen molar-refractivity contribution >= 4 is 67.4 Å². The van der Waals surface area contributed by atoms with E-state index in [0.29, 0.717) is 38.5 Å². The maximum Gasteiger partial charge on any atom is 0.363 e. The second kappa shape index (κ2) is 10.5. The van der Waals surface area contributed by atoms with E-state index in [-0.39, 0.29) is 17.3 Å². The summed E-state index contributed by atoms with van der Waals surface area (Å²) in [6, 6.07) is 17.0. The Morgan fingerprint density at radius 3 is 2.53 bits per heavy atom. The molecule has 1 aliphatic rings. The average Bonchev–Trinajstić information content (AvgIpc) is 3.16. The zero-order chi connectivity index (χ0) is 24.2. The Hall–Kier alpha value is -2.94. The summed E-state index contributed by atoms with van der Waals surface area (Å²) in [5.74, 6) is -0.381. The third kappa shape index (κ3) is 5.41. The first-order valence-corrected chi connectivity index (χ1v) is 12.0. The molecule has 9 heteroatoms. The first-order chi connectivity index (χ1) is 16.4. The molecule has 0 aliphatic carbocycles. The quantitative estimate of drug-likeness (QED) is 0.175. The molecular formula is C25H16Br2ClNO5. The Labute approximate surface area is 217 Å². The van der Waals surface area contributed by atoms with Crippen LogP contribution >= 0.6 is 43.5 Å². The Morgan fingerprint density at radius 1 is 1.09 bits per heavy atom. The highest BCUT2D eigenvalue weighted by Gasteiger charge is 2.26. The molecule has 6 nitrogen and oxygen atoms in total. The van der Waals surface area contributed by atoms with Gasteiger partial charge in [-0.25, -0.2) is 14.6 Å². The molecular weight excluding hydrogens is 590 g/mol. The molecule has 0 aromatic heterocycles. The van der Waals surface area contributed by atoms with Gasteiger partial charge in [0.05, 0.1) is 22.2 Å². The standard InChI is InChI=1S/C25H16Br2ClNO5/c1-2-32-21-13-14(11-19(27)22(21)33-24(30)15-7-9-16(28)10-8-15)12-20-25(31)34-23(29-20)17-5-3-4-6-18(17)26/h3-13H,2H2,1H3/b20-12-. The predicted octanol–water partition coefficient (Wildman–Crippen LogP) is 6.83. The van der Waals surface area contributed by atoms with Gasteiger partial charge in [0.15, 0.2) is 17.2 Å². The molecule has 34 heavy (non-hydrogen) atoms. The third-order valence-corrected chi connectivity index (χ3v) is 6.17. The lowest BCUT2D eigenvalue weighted by Crippen LogP contribution is -2.10. The van der Waals surface area contributed by atoms with E-state index in [1.165, 1.54) is 0 Å². The van der Waals surface area contributed by atoms with E-state index in [1.54, 1.807) is 48.5 Å². The van der Waals surface area contributed by atoms with Gasteiger partial charge < -0.3 is 14.2 Å². The zero-order valence-electron chi connectivity index (χ0n) is 17.7. The first kappa shape index (κ1) is 24.2. The van der Waals surface area contributed by atoms with Gasteiger partial charge in [-0.15, -0.1) is 0 Å². The molecule has 0 saturated carbocycles. The molecule has 0 spiro atoms. The van der Waals surface area contributed by atoms with Crippen LogP contribution in [0.5, 0.6) is 11.5 Å². The van der Waals surface area contributed by atoms with Crippen LogP contribution in [0.15, 0.2) is 80.3 Å². The van der Waals surface area contributed by atoms with Crippen molar-refractivity contribution in [1.29, 1.82) is 0 Å². The summed E-state index contributed by atoms with van der Waals surface area (Å²) in [7, 11) is 0. The van der Waals surface area contributed by atoms with Crippen molar-refractivity contribution in [3.63, 3.8) is 0 Å². The Kier molecular flexibility index (Phi) is 7.50. The van der Waals surface area contributed by atoms with Crippen molar-refractivity contribution in [2.24, 2.45) is 4.99 Å². The van der Waals surface area contributed by atoms with Crippen molar-refractivity contribution in [1.82, 2.24) is 0 Å². The van der Waals surface area contributed by atoms with Crippen molar-refractivity contribution < 1.29 is 23.8 Å². The molecule has 0 bridgehead atoms. The maximum absolute atomic E-state index is 12.6. The van der Waals surface area contributed by atoms with Crippen LogP contribution < -0.4 is 9.47 Å². The summed E-state index contributed by atoms with van der Waals surface area (Å²) in [6.07, 6.45) is 1.57. The molecule has 0 radical (unpaired) electrons. The summed E-state index contributed by atoms with van der Waals surface area (Å²) >= 11 is 12.8. The van der Waals surface area contributed by atoms with Gasteiger partial charge in [0, 0.05) is 9.50 Å². The number of esters is 2. The van der Waals surface area contributed by atoms with Crippen molar-refractivity contribution in [3.05, 3.63) is 97.0 Å². The second-order valence-electron chi connectivity index (χ2n) is 6.98. The Bertz CT molecular complexity index is 1340. The SMILES string of the molecule is CCOc1cc(/C=C2\N=C(c3ccccc3Br)OC2=O)cc(Br)c1OC(=O)c1ccc(Cl)cc1. The van der Waals surface area contributed by atoms with E-state index >= 15 is 0 Å². The number of hydrogen-bond donors (Lipinski definition) is 0. The fourth-order valence-corrected chi connectivity index (χ4v) is 4.21. The van der Waals surface area contributed by atoms with Gasteiger partial charge in [-0.05, 0) is 99.0 Å². The summed E-state index contributed by atoms with van der Waals surface area (Å²) in [6.45, 7) is 2.15. The van der Waals surface area contributed by atoms with Gasteiger partial charge in [0.1, 0.15) is 0 Å². The lowest BCUT2D eigenvalue weighted by Gasteiger charge is -2.13. The minimum Gasteiger partial charge on any atom is -0.490 e. The number of carbonyl (C=O) groups excluding carboxylic acids is 2. The highest BCUT2D eigenvalue weighted by molar-refractivity contribution is 9.10. The number of rotatable bonds is 6. The van der Waals surface area contributed by atoms with Crippen LogP contribution in [0, 0.1) is 0 Å². The minimum atomic E-state index is -0.571. The van der Waals surface area contributed by atoms with Crippen LogP contribution in [-0.2, 0) is 9.53 Å². The van der Waals surface area contributed by atoms with Crippen LogP contribution in [0.4, 0.5) is 0 Å². The fourth-order valence-electron chi connectivity index (χ4n) is 3.09. The molecule has 3 aromatic rings. The van der Waals surface area contributed by atoms with Gasteiger partial charge in [0.25, 0.3) is 0 Å². The van der Waals surface area contributed by atoms with Gasteiger partial charge in [-0.1, -0.05) is 23.7 Å². The largest absolute Gasteiger partial charge is 0.490 e. The molecule has 4 rings (SSSR count). The van der Waals surface area contributed by atoms with E-state index < -0.39 is 11.9 Å². The predicted molar refractivity (Wildman–Crippen MR) is 136 cm³/mol. The summed E-state index contributed by atoms with van der Waals surface area (Å²) in [4.78, 5) is 29.4. The third-order valence-electron chi connectivity index (χ3n) is 4.63. The van der Waals surface area contributed by atoms with Gasteiger partial charge >= 0.3 is 11.9 Å². The van der Waals surface area contributed by atoms with Crippen molar-refractivity contribution in [2.45, 2.75) is 6.92 Å². The lowest BCUT2D eigenvalue weighted by atomic mass is 10.1. The number of halogens is 3. The normalized spacial score (nSPS) is 14.1. The van der Waals surface area contributed by atoms with E-state index in [0.717, 1.165) is 4.47 Å². The average molecular weight is 606 g/mol. The van der Waals surface area contributed by atoms with Gasteiger partial charge in [-0.2, -0.15) is 0 Å². The number of ether oxygens (including phenoxy) is 3. The number of aliphatic imine (C=N–C) groups is 1. The van der Waals surface area contributed by atoms with E-state index in [1.807, 2.05) is 25.1 Å².